The van der Waals surface area contributed by atoms with E-state index in [4.69, 9.17) is 14.2 Å². The maximum Gasteiger partial charge on any atom is 0.244 e. The molecule has 1 aromatic heterocycles. The summed E-state index contributed by atoms with van der Waals surface area (Å²) in [5, 5.41) is 3.28. The zero-order chi connectivity index (χ0) is 22.6. The number of hydrogen-bond donors (Lipinski definition) is 1. The van der Waals surface area contributed by atoms with Gasteiger partial charge in [0, 0.05) is 32.4 Å². The van der Waals surface area contributed by atoms with E-state index in [2.05, 4.69) is 15.2 Å². The predicted octanol–water partition coefficient (Wildman–Crippen LogP) is 2.22. The summed E-state index contributed by atoms with van der Waals surface area (Å²) in [6.07, 6.45) is 1.40. The second-order valence-corrected chi connectivity index (χ2v) is 9.35. The van der Waals surface area contributed by atoms with Crippen LogP contribution in [0.2, 0.25) is 0 Å². The van der Waals surface area contributed by atoms with Crippen LogP contribution in [0.3, 0.4) is 0 Å². The lowest BCUT2D eigenvalue weighted by molar-refractivity contribution is 0.222. The Morgan fingerprint density at radius 3 is 2.10 bits per heavy atom. The summed E-state index contributed by atoms with van der Waals surface area (Å²) in [5.41, 5.74) is 0.908. The van der Waals surface area contributed by atoms with Gasteiger partial charge in [-0.3, -0.25) is 0 Å². The Kier molecular flexibility index (Phi) is 7.24. The minimum atomic E-state index is -3.54. The fourth-order valence-corrected chi connectivity index (χ4v) is 4.82. The number of nitrogens with one attached hydrogen (secondary N) is 1. The molecule has 1 atom stereocenters. The molecule has 0 aliphatic carbocycles. The molecule has 3 rings (SSSR count). The van der Waals surface area contributed by atoms with Crippen molar-refractivity contribution in [1.82, 2.24) is 14.2 Å². The molecular formula is C21H30N4O5S. The Morgan fingerprint density at radius 2 is 1.61 bits per heavy atom. The first-order chi connectivity index (χ1) is 14.8. The van der Waals surface area contributed by atoms with Crippen LogP contribution in [0.25, 0.3) is 0 Å². The van der Waals surface area contributed by atoms with Crippen LogP contribution < -0.4 is 19.5 Å². The molecule has 1 N–H and O–H groups in total. The first-order valence-corrected chi connectivity index (χ1v) is 11.4. The summed E-state index contributed by atoms with van der Waals surface area (Å²) in [6.45, 7) is 4.38. The molecule has 2 heterocycles. The van der Waals surface area contributed by atoms with E-state index >= 15 is 0 Å². The number of ether oxygens (including phenoxy) is 3. The van der Waals surface area contributed by atoms with Crippen molar-refractivity contribution in [2.45, 2.75) is 17.9 Å². The van der Waals surface area contributed by atoms with Crippen molar-refractivity contribution in [2.75, 3.05) is 59.9 Å². The van der Waals surface area contributed by atoms with Gasteiger partial charge in [0.25, 0.3) is 0 Å². The predicted molar refractivity (Wildman–Crippen MR) is 119 cm³/mol. The monoisotopic (exact) mass is 450 g/mol. The number of aromatic nitrogens is 1. The topological polar surface area (TPSA) is 93.2 Å². The molecule has 1 fully saturated rings. The standard InChI is InChI=1S/C21H30N4O5S/c1-15(16-12-18(28-3)21(30-5)19(13-16)29-4)23-20-7-6-17(14-22-20)31(26,27)25-10-8-24(2)9-11-25/h6-7,12-15H,8-11H2,1-5H3,(H,22,23). The van der Waals surface area contributed by atoms with Gasteiger partial charge in [-0.15, -0.1) is 0 Å². The highest BCUT2D eigenvalue weighted by Crippen LogP contribution is 2.40. The Morgan fingerprint density at radius 1 is 1.00 bits per heavy atom. The first-order valence-electron chi connectivity index (χ1n) is 10.0. The van der Waals surface area contributed by atoms with Gasteiger partial charge >= 0.3 is 0 Å². The minimum absolute atomic E-state index is 0.138. The Balaban J connectivity index is 1.75. The van der Waals surface area contributed by atoms with E-state index in [1.807, 2.05) is 26.1 Å². The summed E-state index contributed by atoms with van der Waals surface area (Å²) in [5.74, 6) is 2.22. The molecule has 0 bridgehead atoms. The number of hydrogen-bond acceptors (Lipinski definition) is 8. The number of likely N-dealkylation sites (N-methyl/N-ethyl adjacent to an activating group) is 1. The van der Waals surface area contributed by atoms with E-state index in [0.29, 0.717) is 36.2 Å². The molecule has 10 heteroatoms. The van der Waals surface area contributed by atoms with Gasteiger partial charge in [0.05, 0.1) is 27.4 Å². The van der Waals surface area contributed by atoms with Crippen molar-refractivity contribution in [3.05, 3.63) is 36.0 Å². The third-order valence-electron chi connectivity index (χ3n) is 5.39. The number of methoxy groups -OCH3 is 3. The van der Waals surface area contributed by atoms with Crippen molar-refractivity contribution >= 4 is 15.8 Å². The zero-order valence-electron chi connectivity index (χ0n) is 18.6. The highest BCUT2D eigenvalue weighted by Gasteiger charge is 2.27. The van der Waals surface area contributed by atoms with Gasteiger partial charge in [0.1, 0.15) is 10.7 Å². The van der Waals surface area contributed by atoms with Crippen molar-refractivity contribution < 1.29 is 22.6 Å². The molecule has 1 aliphatic heterocycles. The van der Waals surface area contributed by atoms with E-state index in [-0.39, 0.29) is 10.9 Å². The average molecular weight is 451 g/mol. The van der Waals surface area contributed by atoms with Crippen LogP contribution in [-0.4, -0.2) is 77.2 Å². The molecular weight excluding hydrogens is 420 g/mol. The third-order valence-corrected chi connectivity index (χ3v) is 7.27. The van der Waals surface area contributed by atoms with Crippen LogP contribution in [0.1, 0.15) is 18.5 Å². The lowest BCUT2D eigenvalue weighted by atomic mass is 10.1. The summed E-state index contributed by atoms with van der Waals surface area (Å²) in [6, 6.07) is 6.86. The smallest absolute Gasteiger partial charge is 0.244 e. The van der Waals surface area contributed by atoms with Gasteiger partial charge in [-0.25, -0.2) is 13.4 Å². The number of sulfonamides is 1. The van der Waals surface area contributed by atoms with Gasteiger partial charge in [-0.05, 0) is 43.8 Å². The lowest BCUT2D eigenvalue weighted by Crippen LogP contribution is -2.47. The second-order valence-electron chi connectivity index (χ2n) is 7.41. The highest BCUT2D eigenvalue weighted by atomic mass is 32.2. The number of pyridine rings is 1. The van der Waals surface area contributed by atoms with Crippen molar-refractivity contribution in [3.63, 3.8) is 0 Å². The molecule has 0 amide bonds. The molecule has 9 nitrogen and oxygen atoms in total. The van der Waals surface area contributed by atoms with Crippen LogP contribution in [0.5, 0.6) is 17.2 Å². The fraction of sp³-hybridized carbons (Fsp3) is 0.476. The number of benzene rings is 1. The molecule has 1 saturated heterocycles. The Hall–Kier alpha value is -2.56. The lowest BCUT2D eigenvalue weighted by Gasteiger charge is -2.31. The van der Waals surface area contributed by atoms with E-state index < -0.39 is 10.0 Å². The Labute approximate surface area is 184 Å². The fourth-order valence-electron chi connectivity index (χ4n) is 3.45. The summed E-state index contributed by atoms with van der Waals surface area (Å²) in [4.78, 5) is 6.63. The number of anilines is 1. The summed E-state index contributed by atoms with van der Waals surface area (Å²) < 4.78 is 43.4. The highest BCUT2D eigenvalue weighted by molar-refractivity contribution is 7.89. The average Bonchev–Trinajstić information content (AvgIpc) is 2.78. The molecule has 1 aliphatic rings. The van der Waals surface area contributed by atoms with Crippen molar-refractivity contribution in [1.29, 1.82) is 0 Å². The van der Waals surface area contributed by atoms with Crippen molar-refractivity contribution in [2.24, 2.45) is 0 Å². The number of rotatable bonds is 8. The molecule has 0 radical (unpaired) electrons. The molecule has 2 aromatic rings. The molecule has 1 unspecified atom stereocenters. The number of piperazine rings is 1. The van der Waals surface area contributed by atoms with Gasteiger partial charge in [0.15, 0.2) is 11.5 Å². The van der Waals surface area contributed by atoms with Crippen LogP contribution in [0.4, 0.5) is 5.82 Å². The van der Waals surface area contributed by atoms with E-state index in [1.54, 1.807) is 33.5 Å². The van der Waals surface area contributed by atoms with Crippen molar-refractivity contribution in [3.8, 4) is 17.2 Å². The largest absolute Gasteiger partial charge is 0.493 e. The van der Waals surface area contributed by atoms with E-state index in [1.165, 1.54) is 10.5 Å². The van der Waals surface area contributed by atoms with Gasteiger partial charge in [0.2, 0.25) is 15.8 Å². The summed E-state index contributed by atoms with van der Waals surface area (Å²) >= 11 is 0. The van der Waals surface area contributed by atoms with E-state index in [9.17, 15) is 8.42 Å². The minimum Gasteiger partial charge on any atom is -0.493 e. The van der Waals surface area contributed by atoms with E-state index in [0.717, 1.165) is 18.7 Å². The van der Waals surface area contributed by atoms with Crippen LogP contribution in [-0.2, 0) is 10.0 Å². The molecule has 31 heavy (non-hydrogen) atoms. The van der Waals surface area contributed by atoms with Crippen LogP contribution in [0, 0.1) is 0 Å². The molecule has 1 aromatic carbocycles. The molecule has 0 saturated carbocycles. The maximum absolute atomic E-state index is 12.9. The Bertz CT molecular complexity index is 964. The van der Waals surface area contributed by atoms with Crippen LogP contribution >= 0.6 is 0 Å². The quantitative estimate of drug-likeness (QED) is 0.654. The normalized spacial score (nSPS) is 16.5. The SMILES string of the molecule is COc1cc(C(C)Nc2ccc(S(=O)(=O)N3CCN(C)CC3)cn2)cc(OC)c1OC. The molecule has 0 spiro atoms. The first kappa shape index (κ1) is 23.1. The maximum atomic E-state index is 12.9. The third kappa shape index (κ3) is 5.03. The van der Waals surface area contributed by atoms with Gasteiger partial charge in [-0.2, -0.15) is 4.31 Å². The summed E-state index contributed by atoms with van der Waals surface area (Å²) in [7, 11) is 3.15. The zero-order valence-corrected chi connectivity index (χ0v) is 19.4. The van der Waals surface area contributed by atoms with Gasteiger partial charge in [-0.1, -0.05) is 0 Å². The van der Waals surface area contributed by atoms with Gasteiger partial charge < -0.3 is 24.4 Å². The molecule has 170 valence electrons. The number of nitrogens with zero attached hydrogens (tertiary/aromatic N) is 3. The second kappa shape index (κ2) is 9.71. The van der Waals surface area contributed by atoms with Crippen LogP contribution in [0.15, 0.2) is 35.4 Å².